The number of anilines is 1. The normalized spacial score (nSPS) is 10.9. The SMILES string of the molecule is COc1nc(NCC(C)(C)C(N)=O)nc(OC)n1. The standard InChI is InChI=1S/C10H17N5O3/c1-10(2,6(11)16)5-12-7-13-8(17-3)15-9(14-7)18-4/h5H2,1-4H3,(H2,11,16)(H,12,13,14,15). The first-order valence-electron chi connectivity index (χ1n) is 5.27. The van der Waals surface area contributed by atoms with Crippen molar-refractivity contribution in [2.24, 2.45) is 11.1 Å². The van der Waals surface area contributed by atoms with Gasteiger partial charge in [-0.25, -0.2) is 0 Å². The van der Waals surface area contributed by atoms with E-state index < -0.39 is 11.3 Å². The third-order valence-corrected chi connectivity index (χ3v) is 2.32. The summed E-state index contributed by atoms with van der Waals surface area (Å²) < 4.78 is 9.81. The number of carbonyl (C=O) groups is 1. The summed E-state index contributed by atoms with van der Waals surface area (Å²) in [6.07, 6.45) is 0. The van der Waals surface area contributed by atoms with Crippen LogP contribution >= 0.6 is 0 Å². The Morgan fingerprint density at radius 1 is 1.22 bits per heavy atom. The van der Waals surface area contributed by atoms with Crippen molar-refractivity contribution >= 4 is 11.9 Å². The van der Waals surface area contributed by atoms with E-state index >= 15 is 0 Å². The molecule has 8 heteroatoms. The van der Waals surface area contributed by atoms with Gasteiger partial charge < -0.3 is 20.5 Å². The highest BCUT2D eigenvalue weighted by Crippen LogP contribution is 2.16. The van der Waals surface area contributed by atoms with Gasteiger partial charge in [0.15, 0.2) is 0 Å². The van der Waals surface area contributed by atoms with Crippen LogP contribution in [0, 0.1) is 5.41 Å². The Morgan fingerprint density at radius 3 is 2.11 bits per heavy atom. The number of nitrogens with two attached hydrogens (primary N) is 1. The number of methoxy groups -OCH3 is 2. The lowest BCUT2D eigenvalue weighted by atomic mass is 9.93. The molecule has 3 N–H and O–H groups in total. The fraction of sp³-hybridized carbons (Fsp3) is 0.600. The highest BCUT2D eigenvalue weighted by atomic mass is 16.5. The Hall–Kier alpha value is -2.12. The largest absolute Gasteiger partial charge is 0.467 e. The maximum atomic E-state index is 11.2. The summed E-state index contributed by atoms with van der Waals surface area (Å²) in [5.41, 5.74) is 4.55. The number of primary amides is 1. The molecule has 0 aliphatic rings. The molecule has 0 aliphatic carbocycles. The van der Waals surface area contributed by atoms with Gasteiger partial charge in [-0.05, 0) is 13.8 Å². The van der Waals surface area contributed by atoms with Crippen molar-refractivity contribution < 1.29 is 14.3 Å². The lowest BCUT2D eigenvalue weighted by Gasteiger charge is -2.20. The van der Waals surface area contributed by atoms with Crippen molar-refractivity contribution in [2.45, 2.75) is 13.8 Å². The quantitative estimate of drug-likeness (QED) is 0.724. The number of amides is 1. The van der Waals surface area contributed by atoms with Crippen LogP contribution in [0.4, 0.5) is 5.95 Å². The molecular formula is C10H17N5O3. The van der Waals surface area contributed by atoms with Gasteiger partial charge in [0.05, 0.1) is 19.6 Å². The van der Waals surface area contributed by atoms with Crippen LogP contribution in [0.2, 0.25) is 0 Å². The summed E-state index contributed by atoms with van der Waals surface area (Å²) in [6.45, 7) is 3.73. The Morgan fingerprint density at radius 2 is 1.72 bits per heavy atom. The second-order valence-electron chi connectivity index (χ2n) is 4.23. The minimum absolute atomic E-state index is 0.126. The van der Waals surface area contributed by atoms with Gasteiger partial charge in [-0.15, -0.1) is 4.98 Å². The summed E-state index contributed by atoms with van der Waals surface area (Å²) in [5.74, 6) is -0.156. The molecule has 1 heterocycles. The summed E-state index contributed by atoms with van der Waals surface area (Å²) in [7, 11) is 2.87. The number of ether oxygens (including phenoxy) is 2. The zero-order valence-corrected chi connectivity index (χ0v) is 10.9. The monoisotopic (exact) mass is 255 g/mol. The molecule has 0 bridgehead atoms. The van der Waals surface area contributed by atoms with Gasteiger partial charge in [0.1, 0.15) is 0 Å². The Kier molecular flexibility index (Phi) is 4.24. The van der Waals surface area contributed by atoms with Crippen molar-refractivity contribution in [1.29, 1.82) is 0 Å². The zero-order chi connectivity index (χ0) is 13.8. The summed E-state index contributed by atoms with van der Waals surface area (Å²) in [4.78, 5) is 23.0. The van der Waals surface area contributed by atoms with Crippen LogP contribution in [-0.2, 0) is 4.79 Å². The molecule has 18 heavy (non-hydrogen) atoms. The fourth-order valence-electron chi connectivity index (χ4n) is 0.987. The number of nitrogens with one attached hydrogen (secondary N) is 1. The molecule has 0 saturated carbocycles. The molecule has 0 fully saturated rings. The molecule has 0 radical (unpaired) electrons. The highest BCUT2D eigenvalue weighted by molar-refractivity contribution is 5.80. The van der Waals surface area contributed by atoms with Crippen LogP contribution in [0.1, 0.15) is 13.8 Å². The lowest BCUT2D eigenvalue weighted by Crippen LogP contribution is -2.37. The van der Waals surface area contributed by atoms with E-state index in [1.54, 1.807) is 13.8 Å². The molecule has 0 aromatic carbocycles. The van der Waals surface area contributed by atoms with Gasteiger partial charge >= 0.3 is 12.0 Å². The molecule has 1 amide bonds. The second-order valence-corrected chi connectivity index (χ2v) is 4.23. The third kappa shape index (κ3) is 3.44. The van der Waals surface area contributed by atoms with Crippen molar-refractivity contribution in [3.05, 3.63) is 0 Å². The van der Waals surface area contributed by atoms with Crippen molar-refractivity contribution in [1.82, 2.24) is 15.0 Å². The number of hydrogen-bond acceptors (Lipinski definition) is 7. The maximum absolute atomic E-state index is 11.2. The second kappa shape index (κ2) is 5.48. The molecule has 1 aromatic rings. The average molecular weight is 255 g/mol. The van der Waals surface area contributed by atoms with Gasteiger partial charge in [-0.3, -0.25) is 4.79 Å². The molecular weight excluding hydrogens is 238 g/mol. The molecule has 1 rings (SSSR count). The van der Waals surface area contributed by atoms with E-state index in [2.05, 4.69) is 20.3 Å². The molecule has 100 valence electrons. The molecule has 0 saturated heterocycles. The fourth-order valence-corrected chi connectivity index (χ4v) is 0.987. The number of rotatable bonds is 6. The van der Waals surface area contributed by atoms with Gasteiger partial charge in [0.25, 0.3) is 0 Å². The predicted octanol–water partition coefficient (Wildman–Crippen LogP) is -0.188. The Bertz CT molecular complexity index is 413. The van der Waals surface area contributed by atoms with Crippen LogP contribution in [0.5, 0.6) is 12.0 Å². The van der Waals surface area contributed by atoms with E-state index in [1.165, 1.54) is 14.2 Å². The first-order valence-corrected chi connectivity index (χ1v) is 5.27. The first-order chi connectivity index (χ1) is 8.39. The van der Waals surface area contributed by atoms with E-state index in [-0.39, 0.29) is 18.0 Å². The minimum Gasteiger partial charge on any atom is -0.467 e. The summed E-state index contributed by atoms with van der Waals surface area (Å²) >= 11 is 0. The smallest absolute Gasteiger partial charge is 0.324 e. The molecule has 1 aromatic heterocycles. The highest BCUT2D eigenvalue weighted by Gasteiger charge is 2.25. The van der Waals surface area contributed by atoms with Crippen molar-refractivity contribution in [3.63, 3.8) is 0 Å². The molecule has 0 atom stereocenters. The van der Waals surface area contributed by atoms with Gasteiger partial charge in [-0.1, -0.05) is 0 Å². The van der Waals surface area contributed by atoms with Crippen LogP contribution in [0.3, 0.4) is 0 Å². The Balaban J connectivity index is 2.81. The predicted molar refractivity (Wildman–Crippen MR) is 64.4 cm³/mol. The van der Waals surface area contributed by atoms with E-state index in [4.69, 9.17) is 15.2 Å². The Labute approximate surface area is 105 Å². The van der Waals surface area contributed by atoms with Crippen molar-refractivity contribution in [2.75, 3.05) is 26.1 Å². The number of carbonyl (C=O) groups excluding carboxylic acids is 1. The van der Waals surface area contributed by atoms with E-state index in [1.807, 2.05) is 0 Å². The van der Waals surface area contributed by atoms with Crippen LogP contribution in [0.25, 0.3) is 0 Å². The van der Waals surface area contributed by atoms with E-state index in [0.29, 0.717) is 6.54 Å². The van der Waals surface area contributed by atoms with E-state index in [0.717, 1.165) is 0 Å². The van der Waals surface area contributed by atoms with Crippen molar-refractivity contribution in [3.8, 4) is 12.0 Å². The van der Waals surface area contributed by atoms with Crippen LogP contribution in [-0.4, -0.2) is 41.6 Å². The summed E-state index contributed by atoms with van der Waals surface area (Å²) in [5, 5.41) is 2.89. The summed E-state index contributed by atoms with van der Waals surface area (Å²) in [6, 6.07) is 0.252. The number of nitrogens with zero attached hydrogens (tertiary/aromatic N) is 3. The molecule has 0 spiro atoms. The zero-order valence-electron chi connectivity index (χ0n) is 10.9. The first kappa shape index (κ1) is 13.9. The lowest BCUT2D eigenvalue weighted by molar-refractivity contribution is -0.125. The number of hydrogen-bond donors (Lipinski definition) is 2. The van der Waals surface area contributed by atoms with Crippen LogP contribution in [0.15, 0.2) is 0 Å². The van der Waals surface area contributed by atoms with Gasteiger partial charge in [0.2, 0.25) is 11.9 Å². The molecule has 0 aliphatic heterocycles. The van der Waals surface area contributed by atoms with Crippen LogP contribution < -0.4 is 20.5 Å². The van der Waals surface area contributed by atoms with Gasteiger partial charge in [-0.2, -0.15) is 9.97 Å². The van der Waals surface area contributed by atoms with E-state index in [9.17, 15) is 4.79 Å². The third-order valence-electron chi connectivity index (χ3n) is 2.32. The van der Waals surface area contributed by atoms with Gasteiger partial charge in [0, 0.05) is 6.54 Å². The molecule has 8 nitrogen and oxygen atoms in total. The number of aromatic nitrogens is 3. The topological polar surface area (TPSA) is 112 Å². The average Bonchev–Trinajstić information content (AvgIpc) is 2.35. The maximum Gasteiger partial charge on any atom is 0.324 e. The molecule has 0 unspecified atom stereocenters. The minimum atomic E-state index is -0.715.